The van der Waals surface area contributed by atoms with Gasteiger partial charge >= 0.3 is 5.97 Å². The summed E-state index contributed by atoms with van der Waals surface area (Å²) in [6.07, 6.45) is 1.93. The topological polar surface area (TPSA) is 64.3 Å². The molecule has 1 aromatic rings. The highest BCUT2D eigenvalue weighted by Crippen LogP contribution is 2.23. The molecule has 0 saturated carbocycles. The van der Waals surface area contributed by atoms with Gasteiger partial charge in [-0.15, -0.1) is 0 Å². The molecule has 1 aromatic carbocycles. The summed E-state index contributed by atoms with van der Waals surface area (Å²) in [7, 11) is 0. The number of carbonyl (C=O) groups is 1. The predicted molar refractivity (Wildman–Crippen MR) is 66.8 cm³/mol. The minimum absolute atomic E-state index is 0.00842. The molecule has 0 aliphatic carbocycles. The zero-order valence-electron chi connectivity index (χ0n) is 10.5. The van der Waals surface area contributed by atoms with Gasteiger partial charge in [0.25, 0.3) is 0 Å². The van der Waals surface area contributed by atoms with Gasteiger partial charge in [0.2, 0.25) is 0 Å². The number of nitrogens with zero attached hydrogens (tertiary/aromatic N) is 2. The molecule has 1 saturated heterocycles. The highest BCUT2D eigenvalue weighted by atomic mass is 19.1. The molecular formula is C14H15FN2O2. The lowest BCUT2D eigenvalue weighted by Crippen LogP contribution is -2.31. The van der Waals surface area contributed by atoms with Crippen LogP contribution in [-0.2, 0) is 11.3 Å². The molecule has 0 radical (unpaired) electrons. The Labute approximate surface area is 111 Å². The Morgan fingerprint density at radius 3 is 3.05 bits per heavy atom. The number of aliphatic carboxylic acids is 1. The lowest BCUT2D eigenvalue weighted by Gasteiger charge is -2.23. The molecule has 1 aliphatic rings. The highest BCUT2D eigenvalue weighted by Gasteiger charge is 2.27. The second-order valence-electron chi connectivity index (χ2n) is 4.78. The Morgan fingerprint density at radius 1 is 1.58 bits per heavy atom. The molecule has 0 amide bonds. The Morgan fingerprint density at radius 2 is 2.37 bits per heavy atom. The predicted octanol–water partition coefficient (Wildman–Crippen LogP) is 2.14. The molecule has 5 heteroatoms. The van der Waals surface area contributed by atoms with Gasteiger partial charge < -0.3 is 5.11 Å². The van der Waals surface area contributed by atoms with Gasteiger partial charge in [0, 0.05) is 12.6 Å². The Bertz CT molecular complexity index is 525. The number of hydrogen-bond donors (Lipinski definition) is 1. The molecule has 2 rings (SSSR count). The van der Waals surface area contributed by atoms with Crippen molar-refractivity contribution in [2.45, 2.75) is 31.8 Å². The number of benzene rings is 1. The van der Waals surface area contributed by atoms with Crippen LogP contribution >= 0.6 is 0 Å². The number of carboxylic acid groups (broad SMARTS) is 1. The SMILES string of the molecule is N#Cc1cc(F)ccc1CN1CCCC1CC(=O)O. The van der Waals surface area contributed by atoms with Crippen LogP contribution in [0.2, 0.25) is 0 Å². The molecule has 0 spiro atoms. The average Bonchev–Trinajstić information content (AvgIpc) is 2.78. The summed E-state index contributed by atoms with van der Waals surface area (Å²) in [4.78, 5) is 12.9. The fourth-order valence-corrected chi connectivity index (χ4v) is 2.55. The smallest absolute Gasteiger partial charge is 0.304 e. The van der Waals surface area contributed by atoms with E-state index in [0.717, 1.165) is 24.9 Å². The Hall–Kier alpha value is -1.93. The Balaban J connectivity index is 2.12. The quantitative estimate of drug-likeness (QED) is 0.902. The van der Waals surface area contributed by atoms with Crippen LogP contribution in [-0.4, -0.2) is 28.6 Å². The average molecular weight is 262 g/mol. The second kappa shape index (κ2) is 5.81. The third-order valence-corrected chi connectivity index (χ3v) is 3.48. The first-order valence-electron chi connectivity index (χ1n) is 6.24. The standard InChI is InChI=1S/C14H15FN2O2/c15-12-4-3-10(11(6-12)8-16)9-17-5-1-2-13(17)7-14(18)19/h3-4,6,13H,1-2,5,7,9H2,(H,18,19). The second-order valence-corrected chi connectivity index (χ2v) is 4.78. The molecule has 1 N–H and O–H groups in total. The zero-order chi connectivity index (χ0) is 13.8. The van der Waals surface area contributed by atoms with Crippen LogP contribution < -0.4 is 0 Å². The van der Waals surface area contributed by atoms with Gasteiger partial charge in [0.05, 0.1) is 18.1 Å². The maximum atomic E-state index is 13.1. The van der Waals surface area contributed by atoms with Crippen LogP contribution in [0.5, 0.6) is 0 Å². The number of carboxylic acids is 1. The number of halogens is 1. The van der Waals surface area contributed by atoms with E-state index in [4.69, 9.17) is 10.4 Å². The molecule has 0 bridgehead atoms. The molecule has 19 heavy (non-hydrogen) atoms. The molecule has 100 valence electrons. The monoisotopic (exact) mass is 262 g/mol. The number of nitriles is 1. The third-order valence-electron chi connectivity index (χ3n) is 3.48. The summed E-state index contributed by atoms with van der Waals surface area (Å²) in [6.45, 7) is 1.32. The fraction of sp³-hybridized carbons (Fsp3) is 0.429. The van der Waals surface area contributed by atoms with Crippen molar-refractivity contribution in [2.75, 3.05) is 6.54 Å². The van der Waals surface area contributed by atoms with E-state index in [1.165, 1.54) is 12.1 Å². The van der Waals surface area contributed by atoms with E-state index in [1.807, 2.05) is 6.07 Å². The molecule has 4 nitrogen and oxygen atoms in total. The van der Waals surface area contributed by atoms with Crippen LogP contribution in [0, 0.1) is 17.1 Å². The zero-order valence-corrected chi connectivity index (χ0v) is 10.5. The van der Waals surface area contributed by atoms with Crippen molar-refractivity contribution in [2.24, 2.45) is 0 Å². The van der Waals surface area contributed by atoms with E-state index in [0.29, 0.717) is 12.1 Å². The molecular weight excluding hydrogens is 247 g/mol. The van der Waals surface area contributed by atoms with Gasteiger partial charge in [-0.2, -0.15) is 5.26 Å². The number of rotatable bonds is 4. The summed E-state index contributed by atoms with van der Waals surface area (Å²) < 4.78 is 13.1. The highest BCUT2D eigenvalue weighted by molar-refractivity contribution is 5.67. The van der Waals surface area contributed by atoms with Crippen LogP contribution in [0.4, 0.5) is 4.39 Å². The lowest BCUT2D eigenvalue weighted by atomic mass is 10.1. The van der Waals surface area contributed by atoms with Gasteiger partial charge in [0.1, 0.15) is 5.82 Å². The van der Waals surface area contributed by atoms with Crippen molar-refractivity contribution < 1.29 is 14.3 Å². The van der Waals surface area contributed by atoms with Crippen molar-refractivity contribution >= 4 is 5.97 Å². The van der Waals surface area contributed by atoms with Crippen molar-refractivity contribution in [1.29, 1.82) is 5.26 Å². The van der Waals surface area contributed by atoms with Gasteiger partial charge in [-0.25, -0.2) is 4.39 Å². The number of hydrogen-bond acceptors (Lipinski definition) is 3. The maximum Gasteiger partial charge on any atom is 0.304 e. The molecule has 1 unspecified atom stereocenters. The first-order chi connectivity index (χ1) is 9.10. The van der Waals surface area contributed by atoms with E-state index in [2.05, 4.69) is 4.90 Å². The summed E-state index contributed by atoms with van der Waals surface area (Å²) in [5.74, 6) is -1.24. The maximum absolute atomic E-state index is 13.1. The first-order valence-corrected chi connectivity index (χ1v) is 6.24. The van der Waals surface area contributed by atoms with Crippen molar-refractivity contribution in [3.8, 4) is 6.07 Å². The molecule has 1 fully saturated rings. The summed E-state index contributed by atoms with van der Waals surface area (Å²) >= 11 is 0. The van der Waals surface area contributed by atoms with Crippen molar-refractivity contribution in [1.82, 2.24) is 4.90 Å². The summed E-state index contributed by atoms with van der Waals surface area (Å²) in [6, 6.07) is 6.14. The molecule has 0 aromatic heterocycles. The van der Waals surface area contributed by atoms with Gasteiger partial charge in [0.15, 0.2) is 0 Å². The van der Waals surface area contributed by atoms with E-state index in [9.17, 15) is 9.18 Å². The van der Waals surface area contributed by atoms with Crippen LogP contribution in [0.3, 0.4) is 0 Å². The van der Waals surface area contributed by atoms with Gasteiger partial charge in [-0.3, -0.25) is 9.69 Å². The molecule has 1 aliphatic heterocycles. The fourth-order valence-electron chi connectivity index (χ4n) is 2.55. The van der Waals surface area contributed by atoms with Crippen molar-refractivity contribution in [3.05, 3.63) is 35.1 Å². The summed E-state index contributed by atoms with van der Waals surface area (Å²) in [5, 5.41) is 17.9. The van der Waals surface area contributed by atoms with Crippen LogP contribution in [0.25, 0.3) is 0 Å². The van der Waals surface area contributed by atoms with Crippen molar-refractivity contribution in [3.63, 3.8) is 0 Å². The Kier molecular flexibility index (Phi) is 4.13. The van der Waals surface area contributed by atoms with E-state index in [1.54, 1.807) is 6.07 Å². The lowest BCUT2D eigenvalue weighted by molar-refractivity contribution is -0.138. The van der Waals surface area contributed by atoms with Crippen LogP contribution in [0.15, 0.2) is 18.2 Å². The van der Waals surface area contributed by atoms with E-state index >= 15 is 0 Å². The van der Waals surface area contributed by atoms with E-state index in [-0.39, 0.29) is 12.5 Å². The normalized spacial score (nSPS) is 19.3. The minimum atomic E-state index is -0.809. The molecule has 1 heterocycles. The van der Waals surface area contributed by atoms with E-state index < -0.39 is 11.8 Å². The summed E-state index contributed by atoms with van der Waals surface area (Å²) in [5.41, 5.74) is 1.07. The number of likely N-dealkylation sites (tertiary alicyclic amines) is 1. The minimum Gasteiger partial charge on any atom is -0.481 e. The molecule has 1 atom stereocenters. The van der Waals surface area contributed by atoms with Gasteiger partial charge in [-0.05, 0) is 37.1 Å². The van der Waals surface area contributed by atoms with Crippen LogP contribution in [0.1, 0.15) is 30.4 Å². The largest absolute Gasteiger partial charge is 0.481 e. The first kappa shape index (κ1) is 13.5. The van der Waals surface area contributed by atoms with Gasteiger partial charge in [-0.1, -0.05) is 6.07 Å². The third kappa shape index (κ3) is 3.30.